The van der Waals surface area contributed by atoms with Gasteiger partial charge < -0.3 is 14.9 Å². The van der Waals surface area contributed by atoms with Crippen LogP contribution in [0.4, 0.5) is 26.3 Å². The first-order valence-corrected chi connectivity index (χ1v) is 10.3. The fraction of sp³-hybridized carbons (Fsp3) is 0.571. The molecule has 0 radical (unpaired) electrons. The number of unbranched alkanes of at least 4 members (excludes halogenated alkanes) is 1. The summed E-state index contributed by atoms with van der Waals surface area (Å²) in [6.07, 6.45) is -5.72. The second-order valence-electron chi connectivity index (χ2n) is 7.69. The average molecular weight is 489 g/mol. The van der Waals surface area contributed by atoms with Crippen molar-refractivity contribution < 1.29 is 46.1 Å². The normalized spacial score (nSPS) is 24.2. The Morgan fingerprint density at radius 2 is 1.66 bits per heavy atom. The summed E-state index contributed by atoms with van der Waals surface area (Å²) in [7, 11) is 0. The maximum Gasteiger partial charge on any atom is 0.416 e. The SMILES string of the molecule is O=C(O)CCCC=CC[C@@H]1C(COc2cc(C(F)(F)F)cc(C(F)(F)F)c2)C(O)C[C@H]1Cl. The van der Waals surface area contributed by atoms with Crippen LogP contribution in [0.15, 0.2) is 30.4 Å². The van der Waals surface area contributed by atoms with Crippen molar-refractivity contribution in [3.05, 3.63) is 41.5 Å². The lowest BCUT2D eigenvalue weighted by Gasteiger charge is -2.23. The van der Waals surface area contributed by atoms with Crippen molar-refractivity contribution in [1.29, 1.82) is 0 Å². The highest BCUT2D eigenvalue weighted by Gasteiger charge is 2.42. The molecular weight excluding hydrogens is 466 g/mol. The summed E-state index contributed by atoms with van der Waals surface area (Å²) in [5.41, 5.74) is -2.96. The smallest absolute Gasteiger partial charge is 0.416 e. The lowest BCUT2D eigenvalue weighted by molar-refractivity contribution is -0.143. The molecule has 11 heteroatoms. The van der Waals surface area contributed by atoms with E-state index in [4.69, 9.17) is 21.4 Å². The number of ether oxygens (including phenoxy) is 1. The van der Waals surface area contributed by atoms with Gasteiger partial charge >= 0.3 is 18.3 Å². The number of benzene rings is 1. The molecule has 1 saturated carbocycles. The summed E-state index contributed by atoms with van der Waals surface area (Å²) < 4.78 is 83.3. The number of allylic oxidation sites excluding steroid dienone is 2. The van der Waals surface area contributed by atoms with E-state index in [1.54, 1.807) is 12.2 Å². The summed E-state index contributed by atoms with van der Waals surface area (Å²) in [4.78, 5) is 10.5. The Bertz CT molecular complexity index is 776. The Kier molecular flexibility index (Phi) is 8.87. The number of aliphatic hydroxyl groups excluding tert-OH is 1. The zero-order chi connectivity index (χ0) is 24.1. The Hall–Kier alpha value is -1.94. The highest BCUT2D eigenvalue weighted by atomic mass is 35.5. The van der Waals surface area contributed by atoms with Crippen LogP contribution in [0.3, 0.4) is 0 Å². The second kappa shape index (κ2) is 10.8. The number of carboxylic acids is 1. The third kappa shape index (κ3) is 7.58. The van der Waals surface area contributed by atoms with Crippen LogP contribution in [-0.2, 0) is 17.1 Å². The number of halogens is 7. The van der Waals surface area contributed by atoms with E-state index in [0.717, 1.165) is 0 Å². The fourth-order valence-corrected chi connectivity index (χ4v) is 4.11. The lowest BCUT2D eigenvalue weighted by Crippen LogP contribution is -2.27. The van der Waals surface area contributed by atoms with E-state index in [1.165, 1.54) is 0 Å². The van der Waals surface area contributed by atoms with Crippen molar-refractivity contribution in [1.82, 2.24) is 0 Å². The third-order valence-corrected chi connectivity index (χ3v) is 5.82. The van der Waals surface area contributed by atoms with Crippen LogP contribution in [0.5, 0.6) is 5.75 Å². The molecule has 1 fully saturated rings. The van der Waals surface area contributed by atoms with Crippen LogP contribution < -0.4 is 4.74 Å². The van der Waals surface area contributed by atoms with Crippen molar-refractivity contribution >= 4 is 17.6 Å². The number of aliphatic hydroxyl groups is 1. The molecule has 32 heavy (non-hydrogen) atoms. The Labute approximate surface area is 185 Å². The number of carboxylic acid groups (broad SMARTS) is 1. The summed E-state index contributed by atoms with van der Waals surface area (Å²) in [6.45, 7) is -0.305. The zero-order valence-electron chi connectivity index (χ0n) is 16.8. The molecule has 180 valence electrons. The van der Waals surface area contributed by atoms with Crippen molar-refractivity contribution in [2.75, 3.05) is 6.61 Å². The summed E-state index contributed by atoms with van der Waals surface area (Å²) in [6, 6.07) is 1.00. The summed E-state index contributed by atoms with van der Waals surface area (Å²) >= 11 is 6.28. The van der Waals surface area contributed by atoms with Gasteiger partial charge in [-0.3, -0.25) is 4.79 Å². The molecule has 1 aliphatic rings. The van der Waals surface area contributed by atoms with E-state index in [2.05, 4.69) is 0 Å². The van der Waals surface area contributed by atoms with Gasteiger partial charge in [0.2, 0.25) is 0 Å². The van der Waals surface area contributed by atoms with Gasteiger partial charge in [-0.1, -0.05) is 12.2 Å². The monoisotopic (exact) mass is 488 g/mol. The number of hydrogen-bond donors (Lipinski definition) is 2. The zero-order valence-corrected chi connectivity index (χ0v) is 17.6. The maximum absolute atomic E-state index is 13.0. The first-order chi connectivity index (χ1) is 14.8. The number of carbonyl (C=O) groups is 1. The van der Waals surface area contributed by atoms with Crippen LogP contribution in [0, 0.1) is 11.8 Å². The van der Waals surface area contributed by atoms with Gasteiger partial charge in [-0.2, -0.15) is 26.3 Å². The molecule has 1 aliphatic carbocycles. The van der Waals surface area contributed by atoms with E-state index < -0.39 is 52.6 Å². The van der Waals surface area contributed by atoms with Gasteiger partial charge in [0.15, 0.2) is 0 Å². The Morgan fingerprint density at radius 3 is 2.19 bits per heavy atom. The molecule has 0 amide bonds. The second-order valence-corrected chi connectivity index (χ2v) is 8.25. The van der Waals surface area contributed by atoms with Crippen LogP contribution in [0.1, 0.15) is 43.2 Å². The molecule has 0 aliphatic heterocycles. The standard InChI is InChI=1S/C21H23ClF6O4/c22-17-10-18(29)16(15(17)5-3-1-2-4-6-19(30)31)11-32-14-8-12(20(23,24)25)7-13(9-14)21(26,27)28/h1,3,7-9,15-18,29H,2,4-6,10-11H2,(H,30,31)/t15-,16?,17-,18?/m1/s1. The van der Waals surface area contributed by atoms with Crippen molar-refractivity contribution in [2.24, 2.45) is 11.8 Å². The quantitative estimate of drug-likeness (QED) is 0.196. The highest BCUT2D eigenvalue weighted by Crippen LogP contribution is 2.41. The minimum Gasteiger partial charge on any atom is -0.493 e. The van der Waals surface area contributed by atoms with Gasteiger partial charge in [-0.05, 0) is 49.8 Å². The lowest BCUT2D eigenvalue weighted by atomic mass is 9.92. The van der Waals surface area contributed by atoms with Crippen molar-refractivity contribution in [3.63, 3.8) is 0 Å². The van der Waals surface area contributed by atoms with Crippen LogP contribution in [0.25, 0.3) is 0 Å². The first-order valence-electron chi connectivity index (χ1n) is 9.90. The molecule has 0 aromatic heterocycles. The van der Waals surface area contributed by atoms with Gasteiger partial charge in [0.25, 0.3) is 0 Å². The molecule has 4 atom stereocenters. The Balaban J connectivity index is 2.08. The number of hydrogen-bond acceptors (Lipinski definition) is 3. The first kappa shape index (κ1) is 26.3. The Morgan fingerprint density at radius 1 is 1.06 bits per heavy atom. The van der Waals surface area contributed by atoms with Gasteiger partial charge in [-0.25, -0.2) is 0 Å². The molecule has 0 spiro atoms. The van der Waals surface area contributed by atoms with Crippen molar-refractivity contribution in [2.45, 2.75) is 55.9 Å². The van der Waals surface area contributed by atoms with Gasteiger partial charge in [0.1, 0.15) is 5.75 Å². The molecule has 2 N–H and O–H groups in total. The van der Waals surface area contributed by atoms with E-state index >= 15 is 0 Å². The molecule has 1 aromatic rings. The minimum absolute atomic E-state index is 0.0179. The van der Waals surface area contributed by atoms with E-state index in [-0.39, 0.29) is 31.4 Å². The number of alkyl halides is 7. The fourth-order valence-electron chi connectivity index (χ4n) is 3.64. The van der Waals surface area contributed by atoms with Crippen LogP contribution >= 0.6 is 11.6 Å². The molecule has 0 bridgehead atoms. The molecule has 1 aromatic carbocycles. The van der Waals surface area contributed by atoms with Crippen LogP contribution in [-0.4, -0.2) is 34.3 Å². The van der Waals surface area contributed by atoms with Crippen molar-refractivity contribution in [3.8, 4) is 5.75 Å². The van der Waals surface area contributed by atoms with Gasteiger partial charge in [-0.15, -0.1) is 11.6 Å². The van der Waals surface area contributed by atoms with Crippen LogP contribution in [0.2, 0.25) is 0 Å². The van der Waals surface area contributed by atoms with E-state index in [0.29, 0.717) is 31.4 Å². The largest absolute Gasteiger partial charge is 0.493 e. The minimum atomic E-state index is -4.98. The van der Waals surface area contributed by atoms with E-state index in [9.17, 15) is 36.2 Å². The number of aliphatic carboxylic acids is 1. The third-order valence-electron chi connectivity index (χ3n) is 5.32. The molecule has 2 rings (SSSR count). The molecule has 0 saturated heterocycles. The summed E-state index contributed by atoms with van der Waals surface area (Å²) in [5, 5.41) is 18.4. The summed E-state index contributed by atoms with van der Waals surface area (Å²) in [5.74, 6) is -2.40. The topological polar surface area (TPSA) is 66.8 Å². The molecule has 4 nitrogen and oxygen atoms in total. The highest BCUT2D eigenvalue weighted by molar-refractivity contribution is 6.21. The average Bonchev–Trinajstić information content (AvgIpc) is 2.93. The molecule has 2 unspecified atom stereocenters. The number of rotatable bonds is 9. The maximum atomic E-state index is 13.0. The molecule has 0 heterocycles. The predicted molar refractivity (Wildman–Crippen MR) is 104 cm³/mol. The molecular formula is C21H23ClF6O4. The predicted octanol–water partition coefficient (Wildman–Crippen LogP) is 5.91. The van der Waals surface area contributed by atoms with Gasteiger partial charge in [0, 0.05) is 17.7 Å². The van der Waals surface area contributed by atoms with Gasteiger partial charge in [0.05, 0.1) is 23.8 Å². The van der Waals surface area contributed by atoms with E-state index in [1.807, 2.05) is 0 Å².